The van der Waals surface area contributed by atoms with Crippen LogP contribution in [0.4, 0.5) is 0 Å². The predicted octanol–water partition coefficient (Wildman–Crippen LogP) is 3.09. The highest BCUT2D eigenvalue weighted by molar-refractivity contribution is 6.30. The van der Waals surface area contributed by atoms with Crippen LogP contribution in [0.15, 0.2) is 12.1 Å². The van der Waals surface area contributed by atoms with E-state index in [1.165, 1.54) is 0 Å². The minimum Gasteiger partial charge on any atom is -0.493 e. The standard InChI is InChI=1S/C12H13ClO2/c1-5-8(2)10-6-9(13)7-11(14-3)12(10)15-4/h1,6-8H,2-4H3. The highest BCUT2D eigenvalue weighted by Gasteiger charge is 2.15. The van der Waals surface area contributed by atoms with Gasteiger partial charge in [-0.05, 0) is 13.0 Å². The second-order valence-corrected chi connectivity index (χ2v) is 3.56. The number of terminal acetylenes is 1. The van der Waals surface area contributed by atoms with E-state index in [0.717, 1.165) is 5.56 Å². The van der Waals surface area contributed by atoms with Gasteiger partial charge in [0, 0.05) is 22.6 Å². The van der Waals surface area contributed by atoms with Crippen molar-refractivity contribution >= 4 is 11.6 Å². The Hall–Kier alpha value is -1.33. The maximum Gasteiger partial charge on any atom is 0.165 e. The first-order valence-corrected chi connectivity index (χ1v) is 4.89. The molecule has 0 heterocycles. The first kappa shape index (κ1) is 11.7. The summed E-state index contributed by atoms with van der Waals surface area (Å²) in [7, 11) is 3.15. The number of hydrogen-bond acceptors (Lipinski definition) is 2. The third-order valence-corrected chi connectivity index (χ3v) is 2.41. The summed E-state index contributed by atoms with van der Waals surface area (Å²) in [6.45, 7) is 1.91. The number of ether oxygens (including phenoxy) is 2. The molecule has 0 aliphatic rings. The van der Waals surface area contributed by atoms with Crippen molar-refractivity contribution in [3.8, 4) is 23.8 Å². The Labute approximate surface area is 95.2 Å². The Morgan fingerprint density at radius 3 is 2.47 bits per heavy atom. The van der Waals surface area contributed by atoms with Gasteiger partial charge in [-0.1, -0.05) is 17.5 Å². The van der Waals surface area contributed by atoms with Crippen LogP contribution in [0, 0.1) is 12.3 Å². The quantitative estimate of drug-likeness (QED) is 0.735. The zero-order valence-corrected chi connectivity index (χ0v) is 9.76. The molecule has 0 aromatic heterocycles. The van der Waals surface area contributed by atoms with Crippen molar-refractivity contribution in [2.24, 2.45) is 0 Å². The zero-order chi connectivity index (χ0) is 11.4. The first-order valence-electron chi connectivity index (χ1n) is 4.51. The lowest BCUT2D eigenvalue weighted by Gasteiger charge is -2.15. The lowest BCUT2D eigenvalue weighted by atomic mass is 10.0. The molecular weight excluding hydrogens is 212 g/mol. The molecule has 0 aliphatic carbocycles. The van der Waals surface area contributed by atoms with Crippen LogP contribution in [0.5, 0.6) is 11.5 Å². The molecule has 3 heteroatoms. The Balaban J connectivity index is 3.36. The van der Waals surface area contributed by atoms with Crippen LogP contribution in [0.2, 0.25) is 5.02 Å². The number of hydrogen-bond donors (Lipinski definition) is 0. The molecule has 2 nitrogen and oxygen atoms in total. The lowest BCUT2D eigenvalue weighted by molar-refractivity contribution is 0.351. The third-order valence-electron chi connectivity index (χ3n) is 2.19. The molecule has 80 valence electrons. The summed E-state index contributed by atoms with van der Waals surface area (Å²) in [4.78, 5) is 0. The van der Waals surface area contributed by atoms with Gasteiger partial charge in [0.1, 0.15) is 0 Å². The van der Waals surface area contributed by atoms with Crippen LogP contribution in [-0.4, -0.2) is 14.2 Å². The first-order chi connectivity index (χ1) is 7.13. The maximum atomic E-state index is 5.95. The highest BCUT2D eigenvalue weighted by atomic mass is 35.5. The van der Waals surface area contributed by atoms with Crippen molar-refractivity contribution in [3.05, 3.63) is 22.7 Å². The number of rotatable bonds is 3. The molecule has 1 rings (SSSR count). The Bertz CT molecular complexity index is 393. The van der Waals surface area contributed by atoms with E-state index in [-0.39, 0.29) is 5.92 Å². The molecule has 0 aliphatic heterocycles. The van der Waals surface area contributed by atoms with Crippen LogP contribution in [0.1, 0.15) is 18.4 Å². The zero-order valence-electron chi connectivity index (χ0n) is 9.00. The summed E-state index contributed by atoms with van der Waals surface area (Å²) >= 11 is 5.95. The smallest absolute Gasteiger partial charge is 0.165 e. The van der Waals surface area contributed by atoms with Gasteiger partial charge in [0.05, 0.1) is 14.2 Å². The number of halogens is 1. The van der Waals surface area contributed by atoms with E-state index in [2.05, 4.69) is 5.92 Å². The summed E-state index contributed by atoms with van der Waals surface area (Å²) in [5.74, 6) is 3.82. The average Bonchev–Trinajstić information content (AvgIpc) is 2.26. The van der Waals surface area contributed by atoms with E-state index in [1.54, 1.807) is 26.4 Å². The number of methoxy groups -OCH3 is 2. The van der Waals surface area contributed by atoms with Crippen molar-refractivity contribution in [1.29, 1.82) is 0 Å². The molecule has 0 spiro atoms. The van der Waals surface area contributed by atoms with E-state index >= 15 is 0 Å². The molecule has 1 aromatic carbocycles. The van der Waals surface area contributed by atoms with Gasteiger partial charge >= 0.3 is 0 Å². The maximum absolute atomic E-state index is 5.95. The van der Waals surface area contributed by atoms with Crippen molar-refractivity contribution < 1.29 is 9.47 Å². The molecule has 0 N–H and O–H groups in total. The summed E-state index contributed by atoms with van der Waals surface area (Å²) < 4.78 is 10.4. The topological polar surface area (TPSA) is 18.5 Å². The van der Waals surface area contributed by atoms with Gasteiger partial charge in [0.2, 0.25) is 0 Å². The summed E-state index contributed by atoms with van der Waals surface area (Å²) in [6, 6.07) is 3.50. The molecule has 0 saturated heterocycles. The van der Waals surface area contributed by atoms with Crippen molar-refractivity contribution in [3.63, 3.8) is 0 Å². The fourth-order valence-electron chi connectivity index (χ4n) is 1.37. The van der Waals surface area contributed by atoms with Crippen LogP contribution in [0.25, 0.3) is 0 Å². The van der Waals surface area contributed by atoms with Gasteiger partial charge in [-0.15, -0.1) is 6.42 Å². The van der Waals surface area contributed by atoms with Gasteiger partial charge in [0.15, 0.2) is 11.5 Å². The molecule has 0 amide bonds. The number of benzene rings is 1. The summed E-state index contributed by atoms with van der Waals surface area (Å²) in [5, 5.41) is 0.588. The molecule has 0 radical (unpaired) electrons. The van der Waals surface area contributed by atoms with E-state index in [1.807, 2.05) is 6.92 Å². The Morgan fingerprint density at radius 2 is 2.00 bits per heavy atom. The van der Waals surface area contributed by atoms with Gasteiger partial charge < -0.3 is 9.47 Å². The minimum atomic E-state index is -0.0625. The van der Waals surface area contributed by atoms with Crippen LogP contribution >= 0.6 is 11.6 Å². The molecule has 0 saturated carbocycles. The van der Waals surface area contributed by atoms with E-state index in [0.29, 0.717) is 16.5 Å². The van der Waals surface area contributed by atoms with Crippen molar-refractivity contribution in [1.82, 2.24) is 0 Å². The summed E-state index contributed by atoms with van der Waals surface area (Å²) in [5.41, 5.74) is 0.865. The molecule has 1 atom stereocenters. The van der Waals surface area contributed by atoms with Crippen molar-refractivity contribution in [2.45, 2.75) is 12.8 Å². The fourth-order valence-corrected chi connectivity index (χ4v) is 1.59. The summed E-state index contributed by atoms with van der Waals surface area (Å²) in [6.07, 6.45) is 5.38. The lowest BCUT2D eigenvalue weighted by Crippen LogP contribution is -1.98. The Kier molecular flexibility index (Phi) is 3.88. The monoisotopic (exact) mass is 224 g/mol. The second-order valence-electron chi connectivity index (χ2n) is 3.12. The molecule has 15 heavy (non-hydrogen) atoms. The van der Waals surface area contributed by atoms with Gasteiger partial charge in [-0.2, -0.15) is 0 Å². The fraction of sp³-hybridized carbons (Fsp3) is 0.333. The van der Waals surface area contributed by atoms with Crippen molar-refractivity contribution in [2.75, 3.05) is 14.2 Å². The largest absolute Gasteiger partial charge is 0.493 e. The normalized spacial score (nSPS) is 11.7. The van der Waals surface area contributed by atoms with Gasteiger partial charge in [-0.3, -0.25) is 0 Å². The third kappa shape index (κ3) is 2.37. The van der Waals surface area contributed by atoms with Crippen LogP contribution < -0.4 is 9.47 Å². The van der Waals surface area contributed by atoms with E-state index < -0.39 is 0 Å². The van der Waals surface area contributed by atoms with Gasteiger partial charge in [0.25, 0.3) is 0 Å². The second kappa shape index (κ2) is 4.95. The average molecular weight is 225 g/mol. The predicted molar refractivity (Wildman–Crippen MR) is 61.8 cm³/mol. The molecular formula is C12H13ClO2. The molecule has 0 bridgehead atoms. The minimum absolute atomic E-state index is 0.0625. The van der Waals surface area contributed by atoms with Crippen LogP contribution in [0.3, 0.4) is 0 Å². The molecule has 1 aromatic rings. The van der Waals surface area contributed by atoms with E-state index in [4.69, 9.17) is 27.5 Å². The molecule has 0 fully saturated rings. The SMILES string of the molecule is C#CC(C)c1cc(Cl)cc(OC)c1OC. The van der Waals surface area contributed by atoms with Crippen LogP contribution in [-0.2, 0) is 0 Å². The Morgan fingerprint density at radius 1 is 1.33 bits per heavy atom. The molecule has 1 unspecified atom stereocenters. The van der Waals surface area contributed by atoms with E-state index in [9.17, 15) is 0 Å². The highest BCUT2D eigenvalue weighted by Crippen LogP contribution is 2.38. The van der Waals surface area contributed by atoms with Gasteiger partial charge in [-0.25, -0.2) is 0 Å².